The average molecular weight is 299 g/mol. The van der Waals surface area contributed by atoms with E-state index in [9.17, 15) is 4.79 Å². The third kappa shape index (κ3) is 4.77. The van der Waals surface area contributed by atoms with E-state index in [1.54, 1.807) is 0 Å². The van der Waals surface area contributed by atoms with Gasteiger partial charge in [0.15, 0.2) is 0 Å². The van der Waals surface area contributed by atoms with E-state index in [4.69, 9.17) is 0 Å². The first-order valence-electron chi connectivity index (χ1n) is 5.86. The van der Waals surface area contributed by atoms with E-state index in [0.29, 0.717) is 0 Å². The average Bonchev–Trinajstić information content (AvgIpc) is 2.22. The highest BCUT2D eigenvalue weighted by Crippen LogP contribution is 2.23. The number of carbonyl (C=O) groups excluding carboxylic acids is 1. The normalized spacial score (nSPS) is 12.0. The summed E-state index contributed by atoms with van der Waals surface area (Å²) in [6, 6.07) is 5.88. The number of rotatable bonds is 4. The fourth-order valence-corrected chi connectivity index (χ4v) is 2.20. The summed E-state index contributed by atoms with van der Waals surface area (Å²) in [5.41, 5.74) is 1.94. The third-order valence-corrected chi connectivity index (χ3v) is 3.13. The maximum atomic E-state index is 11.7. The number of carbonyl (C=O) groups is 1. The van der Waals surface area contributed by atoms with Crippen LogP contribution in [0, 0.1) is 6.92 Å². The molecule has 1 rings (SSSR count). The summed E-state index contributed by atoms with van der Waals surface area (Å²) in [6.07, 6.45) is 2.05. The molecular weight excluding hydrogens is 280 g/mol. The van der Waals surface area contributed by atoms with Gasteiger partial charge in [0.25, 0.3) is 0 Å². The second-order valence-corrected chi connectivity index (χ2v) is 5.13. The smallest absolute Gasteiger partial charge is 0.319 e. The van der Waals surface area contributed by atoms with Gasteiger partial charge in [-0.05, 0) is 53.9 Å². The first kappa shape index (κ1) is 14.0. The topological polar surface area (TPSA) is 41.1 Å². The lowest BCUT2D eigenvalue weighted by molar-refractivity contribution is 0.248. The van der Waals surface area contributed by atoms with Gasteiger partial charge in [-0.15, -0.1) is 0 Å². The Morgan fingerprint density at radius 1 is 1.47 bits per heavy atom. The minimum absolute atomic E-state index is 0.157. The standard InChI is InChI=1S/C13H19BrN2O/c1-4-5-10(3)15-13(17)16-12-7-6-9(2)8-11(12)14/h6-8,10H,4-5H2,1-3H3,(H2,15,16,17). The van der Waals surface area contributed by atoms with Crippen LogP contribution in [-0.4, -0.2) is 12.1 Å². The van der Waals surface area contributed by atoms with Gasteiger partial charge in [-0.1, -0.05) is 19.4 Å². The molecule has 2 N–H and O–H groups in total. The summed E-state index contributed by atoms with van der Waals surface area (Å²) in [4.78, 5) is 11.7. The van der Waals surface area contributed by atoms with Gasteiger partial charge < -0.3 is 10.6 Å². The van der Waals surface area contributed by atoms with Crippen molar-refractivity contribution in [2.24, 2.45) is 0 Å². The number of nitrogens with one attached hydrogen (secondary N) is 2. The van der Waals surface area contributed by atoms with Crippen molar-refractivity contribution in [1.82, 2.24) is 5.32 Å². The Bertz CT molecular complexity index is 393. The zero-order chi connectivity index (χ0) is 12.8. The van der Waals surface area contributed by atoms with E-state index in [-0.39, 0.29) is 12.1 Å². The van der Waals surface area contributed by atoms with Crippen molar-refractivity contribution in [3.05, 3.63) is 28.2 Å². The second kappa shape index (κ2) is 6.64. The van der Waals surface area contributed by atoms with Gasteiger partial charge in [0.1, 0.15) is 0 Å². The number of amides is 2. The zero-order valence-electron chi connectivity index (χ0n) is 10.5. The molecule has 0 saturated carbocycles. The van der Waals surface area contributed by atoms with E-state index in [1.165, 1.54) is 0 Å². The summed E-state index contributed by atoms with van der Waals surface area (Å²) in [5.74, 6) is 0. The number of halogens is 1. The van der Waals surface area contributed by atoms with Crippen LogP contribution in [0.5, 0.6) is 0 Å². The highest BCUT2D eigenvalue weighted by Gasteiger charge is 2.08. The molecule has 0 fully saturated rings. The van der Waals surface area contributed by atoms with Gasteiger partial charge in [0.2, 0.25) is 0 Å². The number of benzene rings is 1. The summed E-state index contributed by atoms with van der Waals surface area (Å²) in [6.45, 7) is 6.12. The van der Waals surface area contributed by atoms with E-state index in [1.807, 2.05) is 32.0 Å². The van der Waals surface area contributed by atoms with Crippen molar-refractivity contribution in [2.75, 3.05) is 5.32 Å². The number of aryl methyl sites for hydroxylation is 1. The fourth-order valence-electron chi connectivity index (χ4n) is 1.61. The van der Waals surface area contributed by atoms with Gasteiger partial charge in [0, 0.05) is 10.5 Å². The molecule has 1 aromatic carbocycles. The van der Waals surface area contributed by atoms with Crippen LogP contribution in [0.25, 0.3) is 0 Å². The lowest BCUT2D eigenvalue weighted by Crippen LogP contribution is -2.36. The molecular formula is C13H19BrN2O. The predicted molar refractivity (Wildman–Crippen MR) is 75.4 cm³/mol. The van der Waals surface area contributed by atoms with Crippen LogP contribution in [0.15, 0.2) is 22.7 Å². The van der Waals surface area contributed by atoms with Crippen LogP contribution >= 0.6 is 15.9 Å². The zero-order valence-corrected chi connectivity index (χ0v) is 12.1. The lowest BCUT2D eigenvalue weighted by atomic mass is 10.2. The van der Waals surface area contributed by atoms with Crippen molar-refractivity contribution < 1.29 is 4.79 Å². The highest BCUT2D eigenvalue weighted by atomic mass is 79.9. The molecule has 3 nitrogen and oxygen atoms in total. The molecule has 1 aromatic rings. The van der Waals surface area contributed by atoms with Crippen molar-refractivity contribution in [2.45, 2.75) is 39.7 Å². The minimum atomic E-state index is -0.157. The van der Waals surface area contributed by atoms with Gasteiger partial charge in [-0.2, -0.15) is 0 Å². The monoisotopic (exact) mass is 298 g/mol. The van der Waals surface area contributed by atoms with Crippen molar-refractivity contribution in [1.29, 1.82) is 0 Å². The molecule has 2 amide bonds. The molecule has 0 aliphatic carbocycles. The molecule has 0 saturated heterocycles. The van der Waals surface area contributed by atoms with Crippen LogP contribution < -0.4 is 10.6 Å². The summed E-state index contributed by atoms with van der Waals surface area (Å²) in [7, 11) is 0. The molecule has 1 atom stereocenters. The quantitative estimate of drug-likeness (QED) is 0.864. The maximum absolute atomic E-state index is 11.7. The Morgan fingerprint density at radius 3 is 2.76 bits per heavy atom. The maximum Gasteiger partial charge on any atom is 0.319 e. The van der Waals surface area contributed by atoms with E-state index in [0.717, 1.165) is 28.6 Å². The SMILES string of the molecule is CCCC(C)NC(=O)Nc1ccc(C)cc1Br. The Labute approximate surface area is 111 Å². The van der Waals surface area contributed by atoms with Gasteiger partial charge in [0.05, 0.1) is 5.69 Å². The molecule has 94 valence electrons. The number of hydrogen-bond donors (Lipinski definition) is 2. The fraction of sp³-hybridized carbons (Fsp3) is 0.462. The minimum Gasteiger partial charge on any atom is -0.335 e. The molecule has 0 heterocycles. The number of urea groups is 1. The molecule has 17 heavy (non-hydrogen) atoms. The van der Waals surface area contributed by atoms with Gasteiger partial charge in [-0.3, -0.25) is 0 Å². The predicted octanol–water partition coefficient (Wildman–Crippen LogP) is 4.07. The molecule has 0 bridgehead atoms. The Balaban J connectivity index is 2.56. The van der Waals surface area contributed by atoms with Crippen LogP contribution in [0.1, 0.15) is 32.3 Å². The largest absolute Gasteiger partial charge is 0.335 e. The van der Waals surface area contributed by atoms with Crippen LogP contribution in [0.4, 0.5) is 10.5 Å². The second-order valence-electron chi connectivity index (χ2n) is 4.27. The first-order chi connectivity index (χ1) is 8.02. The van der Waals surface area contributed by atoms with E-state index >= 15 is 0 Å². The molecule has 1 unspecified atom stereocenters. The Hall–Kier alpha value is -1.03. The van der Waals surface area contributed by atoms with E-state index < -0.39 is 0 Å². The highest BCUT2D eigenvalue weighted by molar-refractivity contribution is 9.10. The van der Waals surface area contributed by atoms with Gasteiger partial charge >= 0.3 is 6.03 Å². The molecule has 4 heteroatoms. The molecule has 0 aliphatic heterocycles. The number of hydrogen-bond acceptors (Lipinski definition) is 1. The van der Waals surface area contributed by atoms with Crippen LogP contribution in [0.2, 0.25) is 0 Å². The Kier molecular flexibility index (Phi) is 5.48. The van der Waals surface area contributed by atoms with Crippen LogP contribution in [-0.2, 0) is 0 Å². The summed E-state index contributed by atoms with van der Waals surface area (Å²) < 4.78 is 0.899. The van der Waals surface area contributed by atoms with Gasteiger partial charge in [-0.25, -0.2) is 4.79 Å². The summed E-state index contributed by atoms with van der Waals surface area (Å²) in [5, 5.41) is 5.73. The number of anilines is 1. The molecule has 0 aliphatic rings. The molecule has 0 radical (unpaired) electrons. The molecule has 0 spiro atoms. The third-order valence-electron chi connectivity index (χ3n) is 2.47. The van der Waals surface area contributed by atoms with E-state index in [2.05, 4.69) is 33.5 Å². The van der Waals surface area contributed by atoms with Crippen molar-refractivity contribution in [3.8, 4) is 0 Å². The summed E-state index contributed by atoms with van der Waals surface area (Å²) >= 11 is 3.43. The Morgan fingerprint density at radius 2 is 2.18 bits per heavy atom. The first-order valence-corrected chi connectivity index (χ1v) is 6.66. The lowest BCUT2D eigenvalue weighted by Gasteiger charge is -2.14. The van der Waals surface area contributed by atoms with Crippen molar-refractivity contribution >= 4 is 27.6 Å². The van der Waals surface area contributed by atoms with Crippen molar-refractivity contribution in [3.63, 3.8) is 0 Å². The molecule has 0 aromatic heterocycles. The van der Waals surface area contributed by atoms with Crippen LogP contribution in [0.3, 0.4) is 0 Å².